The molecular weight excluding hydrogens is 669 g/mol. The molecule has 0 aliphatic rings. The highest BCUT2D eigenvalue weighted by molar-refractivity contribution is 6.17. The molecule has 0 amide bonds. The van der Waals surface area contributed by atoms with Gasteiger partial charge in [0.1, 0.15) is 11.2 Å². The van der Waals surface area contributed by atoms with Crippen molar-refractivity contribution < 1.29 is 4.42 Å². The second-order valence-corrected chi connectivity index (χ2v) is 14.1. The molecule has 11 aromatic rings. The predicted molar refractivity (Wildman–Crippen MR) is 231 cm³/mol. The molecule has 0 atom stereocenters. The lowest BCUT2D eigenvalue weighted by Gasteiger charge is -2.29. The van der Waals surface area contributed by atoms with E-state index in [9.17, 15) is 0 Å². The van der Waals surface area contributed by atoms with Crippen LogP contribution in [0.4, 0.5) is 17.1 Å². The SMILES string of the molecule is c1ccc(-c2ccccc2N(c2ccc(-c3ccc4c(c3)oc3c5ccccc5ccc43)cc2)c2cccc3c2c2ccccc2n3-c2ccccc2)cc1. The normalized spacial score (nSPS) is 11.6. The Hall–Kier alpha value is -7.36. The van der Waals surface area contributed by atoms with Crippen molar-refractivity contribution in [2.45, 2.75) is 0 Å². The van der Waals surface area contributed by atoms with Crippen molar-refractivity contribution in [2.24, 2.45) is 0 Å². The maximum Gasteiger partial charge on any atom is 0.143 e. The smallest absolute Gasteiger partial charge is 0.143 e. The first-order valence-electron chi connectivity index (χ1n) is 18.8. The number of benzene rings is 9. The van der Waals surface area contributed by atoms with Crippen molar-refractivity contribution in [3.05, 3.63) is 206 Å². The van der Waals surface area contributed by atoms with Crippen LogP contribution in [-0.2, 0) is 0 Å². The van der Waals surface area contributed by atoms with Crippen LogP contribution in [0.2, 0.25) is 0 Å². The third-order valence-corrected chi connectivity index (χ3v) is 11.0. The van der Waals surface area contributed by atoms with Crippen molar-refractivity contribution in [1.29, 1.82) is 0 Å². The Kier molecular flexibility index (Phi) is 7.17. The number of para-hydroxylation sites is 3. The van der Waals surface area contributed by atoms with Gasteiger partial charge in [-0.3, -0.25) is 0 Å². The lowest BCUT2D eigenvalue weighted by molar-refractivity contribution is 0.673. The average Bonchev–Trinajstić information content (AvgIpc) is 3.81. The van der Waals surface area contributed by atoms with E-state index in [1.54, 1.807) is 0 Å². The molecule has 2 heterocycles. The van der Waals surface area contributed by atoms with Gasteiger partial charge in [0.2, 0.25) is 0 Å². The minimum Gasteiger partial charge on any atom is -0.455 e. The van der Waals surface area contributed by atoms with Crippen LogP contribution in [0.5, 0.6) is 0 Å². The number of fused-ring (bicyclic) bond motifs is 8. The molecule has 0 unspecified atom stereocenters. The van der Waals surface area contributed by atoms with Crippen molar-refractivity contribution in [2.75, 3.05) is 4.90 Å². The number of anilines is 3. The van der Waals surface area contributed by atoms with Crippen LogP contribution in [0, 0.1) is 0 Å². The second kappa shape index (κ2) is 12.6. The maximum atomic E-state index is 6.56. The Bertz CT molecular complexity index is 3190. The quantitative estimate of drug-likeness (QED) is 0.172. The number of furan rings is 1. The molecule has 55 heavy (non-hydrogen) atoms. The van der Waals surface area contributed by atoms with Crippen LogP contribution in [0.1, 0.15) is 0 Å². The van der Waals surface area contributed by atoms with Crippen LogP contribution in [0.3, 0.4) is 0 Å². The largest absolute Gasteiger partial charge is 0.455 e. The summed E-state index contributed by atoms with van der Waals surface area (Å²) in [6.45, 7) is 0. The van der Waals surface area contributed by atoms with Gasteiger partial charge in [-0.15, -0.1) is 0 Å². The molecule has 0 aliphatic carbocycles. The van der Waals surface area contributed by atoms with Crippen LogP contribution in [0.25, 0.3) is 82.5 Å². The molecule has 0 radical (unpaired) electrons. The van der Waals surface area contributed by atoms with Crippen molar-refractivity contribution in [3.63, 3.8) is 0 Å². The van der Waals surface area contributed by atoms with E-state index >= 15 is 0 Å². The molecule has 0 N–H and O–H groups in total. The topological polar surface area (TPSA) is 21.3 Å². The number of rotatable bonds is 6. The van der Waals surface area contributed by atoms with Gasteiger partial charge in [0.05, 0.1) is 22.4 Å². The monoisotopic (exact) mass is 702 g/mol. The molecule has 258 valence electrons. The molecule has 0 saturated heterocycles. The Balaban J connectivity index is 1.10. The van der Waals surface area contributed by atoms with Crippen LogP contribution >= 0.6 is 0 Å². The summed E-state index contributed by atoms with van der Waals surface area (Å²) in [4.78, 5) is 2.43. The third kappa shape index (κ3) is 5.05. The van der Waals surface area contributed by atoms with Crippen LogP contribution in [0.15, 0.2) is 211 Å². The Morgan fingerprint density at radius 3 is 1.91 bits per heavy atom. The number of hydrogen-bond acceptors (Lipinski definition) is 2. The highest BCUT2D eigenvalue weighted by Crippen LogP contribution is 2.47. The van der Waals surface area contributed by atoms with E-state index < -0.39 is 0 Å². The first-order valence-corrected chi connectivity index (χ1v) is 18.8. The molecule has 0 aliphatic heterocycles. The summed E-state index contributed by atoms with van der Waals surface area (Å²) in [6.07, 6.45) is 0. The fraction of sp³-hybridized carbons (Fsp3) is 0. The molecule has 2 aromatic heterocycles. The molecule has 11 rings (SSSR count). The fourth-order valence-electron chi connectivity index (χ4n) is 8.47. The number of hydrogen-bond donors (Lipinski definition) is 0. The molecule has 3 nitrogen and oxygen atoms in total. The highest BCUT2D eigenvalue weighted by Gasteiger charge is 2.23. The number of nitrogens with zero attached hydrogens (tertiary/aromatic N) is 2. The van der Waals surface area contributed by atoms with Crippen molar-refractivity contribution in [3.8, 4) is 27.9 Å². The molecule has 0 saturated carbocycles. The molecule has 9 aromatic carbocycles. The summed E-state index contributed by atoms with van der Waals surface area (Å²) in [7, 11) is 0. The third-order valence-electron chi connectivity index (χ3n) is 11.0. The first-order chi connectivity index (χ1) is 27.3. The van der Waals surface area contributed by atoms with Gasteiger partial charge in [0.25, 0.3) is 0 Å². The van der Waals surface area contributed by atoms with E-state index in [4.69, 9.17) is 4.42 Å². The first kappa shape index (κ1) is 31.2. The maximum absolute atomic E-state index is 6.56. The van der Waals surface area contributed by atoms with Gasteiger partial charge in [-0.2, -0.15) is 0 Å². The van der Waals surface area contributed by atoms with Gasteiger partial charge < -0.3 is 13.9 Å². The van der Waals surface area contributed by atoms with Gasteiger partial charge in [0, 0.05) is 43.9 Å². The van der Waals surface area contributed by atoms with Crippen molar-refractivity contribution >= 4 is 71.6 Å². The lowest BCUT2D eigenvalue weighted by atomic mass is 9.99. The summed E-state index contributed by atoms with van der Waals surface area (Å²) in [6, 6.07) is 73.9. The zero-order valence-corrected chi connectivity index (χ0v) is 29.9. The predicted octanol–water partition coefficient (Wildman–Crippen LogP) is 14.6. The average molecular weight is 703 g/mol. The van der Waals surface area contributed by atoms with E-state index in [1.165, 1.54) is 32.8 Å². The molecule has 3 heteroatoms. The summed E-state index contributed by atoms with van der Waals surface area (Å²) in [5.41, 5.74) is 13.2. The van der Waals surface area contributed by atoms with E-state index in [1.807, 2.05) is 0 Å². The Morgan fingerprint density at radius 1 is 0.400 bits per heavy atom. The van der Waals surface area contributed by atoms with Crippen molar-refractivity contribution in [1.82, 2.24) is 4.57 Å². The zero-order valence-electron chi connectivity index (χ0n) is 29.9. The Morgan fingerprint density at radius 2 is 1.05 bits per heavy atom. The summed E-state index contributed by atoms with van der Waals surface area (Å²) in [5, 5.41) is 7.02. The van der Waals surface area contributed by atoms with E-state index in [0.717, 1.165) is 66.7 Å². The minimum absolute atomic E-state index is 0.896. The second-order valence-electron chi connectivity index (χ2n) is 14.1. The summed E-state index contributed by atoms with van der Waals surface area (Å²) in [5.74, 6) is 0. The zero-order chi connectivity index (χ0) is 36.3. The Labute approximate surface area is 318 Å². The molecular formula is C52H34N2O. The van der Waals surface area contributed by atoms with Gasteiger partial charge in [-0.25, -0.2) is 0 Å². The van der Waals surface area contributed by atoms with E-state index in [0.29, 0.717) is 0 Å². The van der Waals surface area contributed by atoms with Gasteiger partial charge in [-0.1, -0.05) is 140 Å². The summed E-state index contributed by atoms with van der Waals surface area (Å²) < 4.78 is 8.94. The van der Waals surface area contributed by atoms with Gasteiger partial charge in [-0.05, 0) is 88.8 Å². The lowest BCUT2D eigenvalue weighted by Crippen LogP contribution is -2.11. The van der Waals surface area contributed by atoms with Gasteiger partial charge in [0.15, 0.2) is 0 Å². The fourth-order valence-corrected chi connectivity index (χ4v) is 8.47. The summed E-state index contributed by atoms with van der Waals surface area (Å²) >= 11 is 0. The number of aromatic nitrogens is 1. The highest BCUT2D eigenvalue weighted by atomic mass is 16.3. The standard InChI is InChI=1S/C52H34N2O/c1-3-14-36(15-4-1)41-19-9-11-22-46(41)54(49-25-13-24-48-51(49)45-21-10-12-23-47(45)53(48)39-17-5-2-6-18-39)40-30-26-35(27-31-40)38-29-32-43-44-33-28-37-16-7-8-20-42(37)52(44)55-50(43)34-38/h1-34H. The van der Waals surface area contributed by atoms with E-state index in [2.05, 4.69) is 216 Å². The molecule has 0 bridgehead atoms. The molecule has 0 spiro atoms. The van der Waals surface area contributed by atoms with Crippen LogP contribution < -0.4 is 4.90 Å². The van der Waals surface area contributed by atoms with E-state index in [-0.39, 0.29) is 0 Å². The van der Waals surface area contributed by atoms with Gasteiger partial charge >= 0.3 is 0 Å². The van der Waals surface area contributed by atoms with Crippen LogP contribution in [-0.4, -0.2) is 4.57 Å². The molecule has 0 fully saturated rings. The minimum atomic E-state index is 0.896.